The average molecular weight is 289 g/mol. The maximum atomic E-state index is 6.26. The third kappa shape index (κ3) is 2.63. The second kappa shape index (κ2) is 5.29. The third-order valence-electron chi connectivity index (χ3n) is 3.14. The Balaban J connectivity index is 1.93. The predicted molar refractivity (Wildman–Crippen MR) is 81.7 cm³/mol. The molecule has 0 aliphatic rings. The lowest BCUT2D eigenvalue weighted by Gasteiger charge is -2.11. The standard InChI is InChI=1S/C15H13ClN2S/c16-15-6-5-14(19-15)12(17)9-10-7-8-18-13-4-2-1-3-11(10)13/h1-8,12H,9,17H2. The van der Waals surface area contributed by atoms with Crippen LogP contribution in [-0.2, 0) is 6.42 Å². The Bertz CT molecular complexity index is 703. The van der Waals surface area contributed by atoms with Crippen LogP contribution < -0.4 is 5.73 Å². The summed E-state index contributed by atoms with van der Waals surface area (Å²) in [6, 6.07) is 14.0. The van der Waals surface area contributed by atoms with Crippen molar-refractivity contribution in [1.29, 1.82) is 0 Å². The molecule has 0 aliphatic carbocycles. The molecule has 0 amide bonds. The minimum Gasteiger partial charge on any atom is -0.323 e. The monoisotopic (exact) mass is 288 g/mol. The van der Waals surface area contributed by atoms with Crippen LogP contribution in [0.25, 0.3) is 10.9 Å². The van der Waals surface area contributed by atoms with Crippen molar-refractivity contribution in [3.63, 3.8) is 0 Å². The molecule has 1 unspecified atom stereocenters. The van der Waals surface area contributed by atoms with Gasteiger partial charge < -0.3 is 5.73 Å². The second-order valence-electron chi connectivity index (χ2n) is 4.44. The maximum Gasteiger partial charge on any atom is 0.0931 e. The summed E-state index contributed by atoms with van der Waals surface area (Å²) < 4.78 is 0.782. The second-order valence-corrected chi connectivity index (χ2v) is 6.19. The summed E-state index contributed by atoms with van der Waals surface area (Å²) in [5.74, 6) is 0. The highest BCUT2D eigenvalue weighted by molar-refractivity contribution is 7.16. The molecule has 0 bridgehead atoms. The van der Waals surface area contributed by atoms with E-state index in [1.54, 1.807) is 11.3 Å². The van der Waals surface area contributed by atoms with Crippen LogP contribution in [0.1, 0.15) is 16.5 Å². The molecule has 0 saturated carbocycles. The van der Waals surface area contributed by atoms with E-state index in [1.807, 2.05) is 42.6 Å². The Morgan fingerprint density at radius 1 is 1.16 bits per heavy atom. The first-order chi connectivity index (χ1) is 9.24. The Hall–Kier alpha value is -1.42. The van der Waals surface area contributed by atoms with Gasteiger partial charge in [0.1, 0.15) is 0 Å². The zero-order valence-electron chi connectivity index (χ0n) is 10.2. The van der Waals surface area contributed by atoms with Crippen LogP contribution in [-0.4, -0.2) is 4.98 Å². The number of fused-ring (bicyclic) bond motifs is 1. The number of halogens is 1. The van der Waals surface area contributed by atoms with E-state index in [0.717, 1.165) is 21.2 Å². The molecule has 2 nitrogen and oxygen atoms in total. The average Bonchev–Trinajstić information content (AvgIpc) is 2.86. The van der Waals surface area contributed by atoms with Crippen LogP contribution in [0.15, 0.2) is 48.7 Å². The molecular weight excluding hydrogens is 276 g/mol. The Labute approximate surface area is 120 Å². The van der Waals surface area contributed by atoms with E-state index < -0.39 is 0 Å². The van der Waals surface area contributed by atoms with E-state index in [-0.39, 0.29) is 6.04 Å². The number of benzene rings is 1. The number of hydrogen-bond donors (Lipinski definition) is 1. The highest BCUT2D eigenvalue weighted by atomic mass is 35.5. The fraction of sp³-hybridized carbons (Fsp3) is 0.133. The van der Waals surface area contributed by atoms with Crippen molar-refractivity contribution < 1.29 is 0 Å². The predicted octanol–water partition coefficient (Wildman–Crippen LogP) is 4.19. The highest BCUT2D eigenvalue weighted by Gasteiger charge is 2.11. The highest BCUT2D eigenvalue weighted by Crippen LogP contribution is 2.29. The lowest BCUT2D eigenvalue weighted by molar-refractivity contribution is 0.740. The fourth-order valence-corrected chi connectivity index (χ4v) is 3.26. The normalized spacial score (nSPS) is 12.7. The van der Waals surface area contributed by atoms with Gasteiger partial charge in [-0.1, -0.05) is 29.8 Å². The van der Waals surface area contributed by atoms with E-state index >= 15 is 0 Å². The van der Waals surface area contributed by atoms with Crippen molar-refractivity contribution in [1.82, 2.24) is 4.98 Å². The Morgan fingerprint density at radius 3 is 2.79 bits per heavy atom. The largest absolute Gasteiger partial charge is 0.323 e. The molecule has 0 spiro atoms. The number of thiophene rings is 1. The zero-order chi connectivity index (χ0) is 13.2. The summed E-state index contributed by atoms with van der Waals surface area (Å²) in [5, 5.41) is 1.17. The first-order valence-electron chi connectivity index (χ1n) is 6.07. The van der Waals surface area contributed by atoms with Crippen LogP contribution in [0.3, 0.4) is 0 Å². The number of nitrogens with zero attached hydrogens (tertiary/aromatic N) is 1. The van der Waals surface area contributed by atoms with Crippen molar-refractivity contribution in [3.05, 3.63) is 63.4 Å². The van der Waals surface area contributed by atoms with Crippen molar-refractivity contribution >= 4 is 33.8 Å². The molecule has 3 aromatic rings. The van der Waals surface area contributed by atoms with E-state index in [1.165, 1.54) is 10.9 Å². The van der Waals surface area contributed by atoms with Gasteiger partial charge in [-0.2, -0.15) is 0 Å². The van der Waals surface area contributed by atoms with Crippen molar-refractivity contribution in [2.75, 3.05) is 0 Å². The molecule has 4 heteroatoms. The van der Waals surface area contributed by atoms with Gasteiger partial charge in [-0.3, -0.25) is 4.98 Å². The number of aromatic nitrogens is 1. The van der Waals surface area contributed by atoms with Crippen molar-refractivity contribution in [2.24, 2.45) is 5.73 Å². The van der Waals surface area contributed by atoms with Gasteiger partial charge in [0.05, 0.1) is 9.85 Å². The Morgan fingerprint density at radius 2 is 2.00 bits per heavy atom. The van der Waals surface area contributed by atoms with Gasteiger partial charge in [0, 0.05) is 22.5 Å². The van der Waals surface area contributed by atoms with E-state index in [2.05, 4.69) is 11.1 Å². The number of hydrogen-bond acceptors (Lipinski definition) is 3. The number of para-hydroxylation sites is 1. The summed E-state index contributed by atoms with van der Waals surface area (Å²) in [5.41, 5.74) is 8.50. The van der Waals surface area contributed by atoms with Gasteiger partial charge in [0.15, 0.2) is 0 Å². The molecule has 96 valence electrons. The van der Waals surface area contributed by atoms with E-state index in [9.17, 15) is 0 Å². The number of pyridine rings is 1. The molecule has 1 aromatic carbocycles. The van der Waals surface area contributed by atoms with Crippen LogP contribution in [0.2, 0.25) is 4.34 Å². The first kappa shape index (κ1) is 12.6. The molecule has 1 atom stereocenters. The van der Waals surface area contributed by atoms with Gasteiger partial charge >= 0.3 is 0 Å². The van der Waals surface area contributed by atoms with Crippen LogP contribution in [0.5, 0.6) is 0 Å². The van der Waals surface area contributed by atoms with Gasteiger partial charge in [0.25, 0.3) is 0 Å². The molecule has 2 heterocycles. The zero-order valence-corrected chi connectivity index (χ0v) is 11.8. The smallest absolute Gasteiger partial charge is 0.0931 e. The topological polar surface area (TPSA) is 38.9 Å². The summed E-state index contributed by atoms with van der Waals surface area (Å²) in [6.07, 6.45) is 2.63. The fourth-order valence-electron chi connectivity index (χ4n) is 2.20. The molecule has 0 saturated heterocycles. The molecule has 19 heavy (non-hydrogen) atoms. The molecule has 3 rings (SSSR count). The molecule has 2 N–H and O–H groups in total. The molecule has 0 radical (unpaired) electrons. The summed E-state index contributed by atoms with van der Waals surface area (Å²) in [4.78, 5) is 5.48. The quantitative estimate of drug-likeness (QED) is 0.785. The van der Waals surface area contributed by atoms with Crippen molar-refractivity contribution in [3.8, 4) is 0 Å². The molecule has 0 fully saturated rings. The van der Waals surface area contributed by atoms with Gasteiger partial charge in [-0.15, -0.1) is 11.3 Å². The van der Waals surface area contributed by atoms with E-state index in [0.29, 0.717) is 0 Å². The molecular formula is C15H13ClN2S. The minimum atomic E-state index is -0.0247. The van der Waals surface area contributed by atoms with Crippen LogP contribution in [0.4, 0.5) is 0 Å². The maximum absolute atomic E-state index is 6.26. The summed E-state index contributed by atoms with van der Waals surface area (Å²) in [6.45, 7) is 0. The van der Waals surface area contributed by atoms with Gasteiger partial charge in [0.2, 0.25) is 0 Å². The lowest BCUT2D eigenvalue weighted by Crippen LogP contribution is -2.12. The third-order valence-corrected chi connectivity index (χ3v) is 4.50. The summed E-state index contributed by atoms with van der Waals surface area (Å²) in [7, 11) is 0. The van der Waals surface area contributed by atoms with Gasteiger partial charge in [-0.25, -0.2) is 0 Å². The first-order valence-corrected chi connectivity index (χ1v) is 7.27. The Kier molecular flexibility index (Phi) is 3.51. The lowest BCUT2D eigenvalue weighted by atomic mass is 10.0. The van der Waals surface area contributed by atoms with Crippen LogP contribution in [0, 0.1) is 0 Å². The minimum absolute atomic E-state index is 0.0247. The molecule has 0 aliphatic heterocycles. The van der Waals surface area contributed by atoms with Crippen LogP contribution >= 0.6 is 22.9 Å². The SMILES string of the molecule is NC(Cc1ccnc2ccccc12)c1ccc(Cl)s1. The van der Waals surface area contributed by atoms with Gasteiger partial charge in [-0.05, 0) is 36.2 Å². The number of rotatable bonds is 3. The van der Waals surface area contributed by atoms with Crippen molar-refractivity contribution in [2.45, 2.75) is 12.5 Å². The summed E-state index contributed by atoms with van der Waals surface area (Å²) >= 11 is 7.50. The number of nitrogens with two attached hydrogens (primary N) is 1. The van der Waals surface area contributed by atoms with E-state index in [4.69, 9.17) is 17.3 Å². The molecule has 2 aromatic heterocycles.